The average Bonchev–Trinajstić information content (AvgIpc) is 3.17. The van der Waals surface area contributed by atoms with Crippen LogP contribution in [0.5, 0.6) is 0 Å². The Labute approximate surface area is 146 Å². The van der Waals surface area contributed by atoms with Crippen LogP contribution in [0.15, 0.2) is 22.7 Å². The Bertz CT molecular complexity index is 805. The van der Waals surface area contributed by atoms with Crippen molar-refractivity contribution in [3.63, 3.8) is 0 Å². The van der Waals surface area contributed by atoms with E-state index in [0.29, 0.717) is 18.5 Å². The van der Waals surface area contributed by atoms with Crippen molar-refractivity contribution < 1.29 is 18.8 Å². The number of fused-ring (bicyclic) bond motifs is 1. The second kappa shape index (κ2) is 6.70. The SMILES string of the molecule is COC(=O)c1ccc2c(c1)CCN2C(=O)[C@H](C)Cc1c(C)noc1C. The lowest BCUT2D eigenvalue weighted by atomic mass is 9.98. The molecular weight excluding hydrogens is 320 g/mol. The monoisotopic (exact) mass is 342 g/mol. The molecule has 1 atom stereocenters. The van der Waals surface area contributed by atoms with Crippen LogP contribution in [0, 0.1) is 19.8 Å². The fourth-order valence-electron chi connectivity index (χ4n) is 3.33. The molecule has 2 aromatic rings. The van der Waals surface area contributed by atoms with Gasteiger partial charge in [0.15, 0.2) is 0 Å². The number of carbonyl (C=O) groups is 2. The van der Waals surface area contributed by atoms with Gasteiger partial charge in [0.1, 0.15) is 5.76 Å². The summed E-state index contributed by atoms with van der Waals surface area (Å²) in [4.78, 5) is 26.4. The molecule has 1 aliphatic heterocycles. The van der Waals surface area contributed by atoms with Crippen molar-refractivity contribution in [1.82, 2.24) is 5.16 Å². The molecule has 2 heterocycles. The van der Waals surface area contributed by atoms with Crippen molar-refractivity contribution in [2.24, 2.45) is 5.92 Å². The Balaban J connectivity index is 1.78. The van der Waals surface area contributed by atoms with Gasteiger partial charge in [0, 0.05) is 23.7 Å². The standard InChI is InChI=1S/C19H22N2O4/c1-11(9-16-12(2)20-25-13(16)3)18(22)21-8-7-14-10-15(19(23)24-4)5-6-17(14)21/h5-6,10-11H,7-9H2,1-4H3/t11-/m1/s1. The number of methoxy groups -OCH3 is 1. The highest BCUT2D eigenvalue weighted by molar-refractivity contribution is 5.98. The Morgan fingerprint density at radius 2 is 2.12 bits per heavy atom. The zero-order valence-electron chi connectivity index (χ0n) is 15.0. The lowest BCUT2D eigenvalue weighted by Gasteiger charge is -2.22. The number of aromatic nitrogens is 1. The lowest BCUT2D eigenvalue weighted by Crippen LogP contribution is -2.34. The smallest absolute Gasteiger partial charge is 0.337 e. The normalized spacial score (nSPS) is 14.3. The lowest BCUT2D eigenvalue weighted by molar-refractivity contribution is -0.121. The second-order valence-corrected chi connectivity index (χ2v) is 6.48. The van der Waals surface area contributed by atoms with Gasteiger partial charge in [-0.2, -0.15) is 0 Å². The molecule has 0 spiro atoms. The molecule has 25 heavy (non-hydrogen) atoms. The van der Waals surface area contributed by atoms with Crippen LogP contribution in [-0.4, -0.2) is 30.7 Å². The van der Waals surface area contributed by atoms with E-state index in [1.54, 1.807) is 11.0 Å². The largest absolute Gasteiger partial charge is 0.465 e. The summed E-state index contributed by atoms with van der Waals surface area (Å²) in [6, 6.07) is 5.34. The van der Waals surface area contributed by atoms with Gasteiger partial charge in [-0.05, 0) is 50.5 Å². The van der Waals surface area contributed by atoms with Crippen molar-refractivity contribution in [1.29, 1.82) is 0 Å². The van der Waals surface area contributed by atoms with Crippen molar-refractivity contribution in [2.75, 3.05) is 18.6 Å². The third-order valence-electron chi connectivity index (χ3n) is 4.78. The average molecular weight is 342 g/mol. The first kappa shape index (κ1) is 17.2. The molecule has 0 bridgehead atoms. The maximum absolute atomic E-state index is 12.9. The highest BCUT2D eigenvalue weighted by Gasteiger charge is 2.29. The molecule has 1 aromatic heterocycles. The first-order chi connectivity index (χ1) is 11.9. The van der Waals surface area contributed by atoms with Gasteiger partial charge in [-0.15, -0.1) is 0 Å². The summed E-state index contributed by atoms with van der Waals surface area (Å²) in [6.07, 6.45) is 1.34. The van der Waals surface area contributed by atoms with Crippen molar-refractivity contribution in [2.45, 2.75) is 33.6 Å². The number of aryl methyl sites for hydroxylation is 2. The zero-order valence-corrected chi connectivity index (χ0v) is 15.0. The molecule has 0 saturated heterocycles. The third kappa shape index (κ3) is 3.16. The predicted octanol–water partition coefficient (Wildman–Crippen LogP) is 2.85. The number of anilines is 1. The highest BCUT2D eigenvalue weighted by atomic mass is 16.5. The molecule has 0 radical (unpaired) electrons. The molecule has 0 aliphatic carbocycles. The number of benzene rings is 1. The molecule has 3 rings (SSSR count). The van der Waals surface area contributed by atoms with Gasteiger partial charge in [-0.3, -0.25) is 4.79 Å². The van der Waals surface area contributed by atoms with Crippen LogP contribution >= 0.6 is 0 Å². The number of esters is 1. The summed E-state index contributed by atoms with van der Waals surface area (Å²) < 4.78 is 9.94. The Morgan fingerprint density at radius 3 is 2.76 bits per heavy atom. The van der Waals surface area contributed by atoms with Crippen LogP contribution in [0.2, 0.25) is 0 Å². The van der Waals surface area contributed by atoms with Crippen LogP contribution in [-0.2, 0) is 22.4 Å². The Kier molecular flexibility index (Phi) is 4.61. The molecule has 1 amide bonds. The molecule has 1 aromatic carbocycles. The fourth-order valence-corrected chi connectivity index (χ4v) is 3.33. The van der Waals surface area contributed by atoms with Crippen LogP contribution < -0.4 is 4.90 Å². The minimum absolute atomic E-state index is 0.0737. The molecule has 132 valence electrons. The number of hydrogen-bond acceptors (Lipinski definition) is 5. The maximum atomic E-state index is 12.9. The number of carbonyl (C=O) groups excluding carboxylic acids is 2. The molecule has 6 nitrogen and oxygen atoms in total. The molecule has 6 heteroatoms. The summed E-state index contributed by atoms with van der Waals surface area (Å²) in [7, 11) is 1.36. The van der Waals surface area contributed by atoms with E-state index in [9.17, 15) is 9.59 Å². The van der Waals surface area contributed by atoms with E-state index < -0.39 is 0 Å². The summed E-state index contributed by atoms with van der Waals surface area (Å²) in [5, 5.41) is 3.95. The fraction of sp³-hybridized carbons (Fsp3) is 0.421. The van der Waals surface area contributed by atoms with Crippen molar-refractivity contribution >= 4 is 17.6 Å². The van der Waals surface area contributed by atoms with Crippen LogP contribution in [0.4, 0.5) is 5.69 Å². The number of amides is 1. The second-order valence-electron chi connectivity index (χ2n) is 6.48. The van der Waals surface area contributed by atoms with E-state index in [-0.39, 0.29) is 17.8 Å². The van der Waals surface area contributed by atoms with Gasteiger partial charge in [0.2, 0.25) is 5.91 Å². The van der Waals surface area contributed by atoms with E-state index >= 15 is 0 Å². The first-order valence-electron chi connectivity index (χ1n) is 8.36. The van der Waals surface area contributed by atoms with E-state index in [4.69, 9.17) is 9.26 Å². The van der Waals surface area contributed by atoms with Gasteiger partial charge >= 0.3 is 5.97 Å². The van der Waals surface area contributed by atoms with Crippen LogP contribution in [0.1, 0.15) is 39.9 Å². The summed E-state index contributed by atoms with van der Waals surface area (Å²) >= 11 is 0. The Hall–Kier alpha value is -2.63. The minimum Gasteiger partial charge on any atom is -0.465 e. The number of rotatable bonds is 4. The number of ether oxygens (including phenoxy) is 1. The maximum Gasteiger partial charge on any atom is 0.337 e. The number of hydrogen-bond donors (Lipinski definition) is 0. The molecular formula is C19H22N2O4. The summed E-state index contributed by atoms with van der Waals surface area (Å²) in [5.41, 5.74) is 4.23. The number of nitrogens with zero attached hydrogens (tertiary/aromatic N) is 2. The summed E-state index contributed by atoms with van der Waals surface area (Å²) in [6.45, 7) is 6.31. The quantitative estimate of drug-likeness (QED) is 0.799. The van der Waals surface area contributed by atoms with Gasteiger partial charge < -0.3 is 14.2 Å². The summed E-state index contributed by atoms with van der Waals surface area (Å²) in [5.74, 6) is 0.300. The van der Waals surface area contributed by atoms with Crippen molar-refractivity contribution in [3.05, 3.63) is 46.3 Å². The molecule has 0 saturated carbocycles. The van der Waals surface area contributed by atoms with Crippen LogP contribution in [0.3, 0.4) is 0 Å². The third-order valence-corrected chi connectivity index (χ3v) is 4.78. The van der Waals surface area contributed by atoms with Crippen LogP contribution in [0.25, 0.3) is 0 Å². The zero-order chi connectivity index (χ0) is 18.1. The topological polar surface area (TPSA) is 72.6 Å². The highest BCUT2D eigenvalue weighted by Crippen LogP contribution is 2.31. The van der Waals surface area contributed by atoms with Gasteiger partial charge in [-0.1, -0.05) is 12.1 Å². The molecule has 0 fully saturated rings. The van der Waals surface area contributed by atoms with Gasteiger partial charge in [0.25, 0.3) is 0 Å². The molecule has 1 aliphatic rings. The van der Waals surface area contributed by atoms with E-state index in [1.807, 2.05) is 32.9 Å². The molecule has 0 N–H and O–H groups in total. The van der Waals surface area contributed by atoms with Gasteiger partial charge in [-0.25, -0.2) is 4.79 Å². The first-order valence-corrected chi connectivity index (χ1v) is 8.36. The predicted molar refractivity (Wildman–Crippen MR) is 92.7 cm³/mol. The van der Waals surface area contributed by atoms with Gasteiger partial charge in [0.05, 0.1) is 18.4 Å². The van der Waals surface area contributed by atoms with E-state index in [1.165, 1.54) is 7.11 Å². The van der Waals surface area contributed by atoms with E-state index in [2.05, 4.69) is 5.16 Å². The van der Waals surface area contributed by atoms with Crippen molar-refractivity contribution in [3.8, 4) is 0 Å². The Morgan fingerprint density at radius 1 is 1.36 bits per heavy atom. The molecule has 0 unspecified atom stereocenters. The van der Waals surface area contributed by atoms with E-state index in [0.717, 1.165) is 34.7 Å². The minimum atomic E-state index is -0.362.